The third kappa shape index (κ3) is 4.77. The number of hydrazine groups is 1. The summed E-state index contributed by atoms with van der Waals surface area (Å²) in [6.45, 7) is 1.74. The zero-order chi connectivity index (χ0) is 21.0. The van der Waals surface area contributed by atoms with E-state index >= 15 is 0 Å². The van der Waals surface area contributed by atoms with Crippen molar-refractivity contribution in [1.82, 2.24) is 9.97 Å². The second-order valence-corrected chi connectivity index (χ2v) is 6.47. The number of aromatic nitrogens is 2. The van der Waals surface area contributed by atoms with E-state index in [-0.39, 0.29) is 24.2 Å². The summed E-state index contributed by atoms with van der Waals surface area (Å²) < 4.78 is 5.70. The van der Waals surface area contributed by atoms with Crippen LogP contribution in [-0.2, 0) is 9.59 Å². The number of fused-ring (bicyclic) bond motifs is 1. The van der Waals surface area contributed by atoms with E-state index in [4.69, 9.17) is 22.0 Å². The van der Waals surface area contributed by atoms with Gasteiger partial charge < -0.3 is 16.2 Å². The molecule has 9 heteroatoms. The highest BCUT2D eigenvalue weighted by Crippen LogP contribution is 2.31. The Morgan fingerprint density at radius 2 is 1.93 bits per heavy atom. The Hall–Kier alpha value is -3.72. The second kappa shape index (κ2) is 8.53. The van der Waals surface area contributed by atoms with Crippen LogP contribution < -0.4 is 27.1 Å². The molecule has 29 heavy (non-hydrogen) atoms. The fourth-order valence-electron chi connectivity index (χ4n) is 2.86. The molecular weight excluding hydrogens is 372 g/mol. The number of primary amides is 1. The largest absolute Gasteiger partial charge is 0.494 e. The molecular formula is C20H22N6O3. The van der Waals surface area contributed by atoms with Gasteiger partial charge in [0.15, 0.2) is 0 Å². The van der Waals surface area contributed by atoms with E-state index in [1.54, 1.807) is 18.2 Å². The lowest BCUT2D eigenvalue weighted by atomic mass is 10.1. The first-order chi connectivity index (χ1) is 13.8. The topological polar surface area (TPSA) is 150 Å². The normalized spacial score (nSPS) is 10.7. The van der Waals surface area contributed by atoms with E-state index in [1.165, 1.54) is 6.92 Å². The Labute approximate surface area is 167 Å². The van der Waals surface area contributed by atoms with Gasteiger partial charge in [0.05, 0.1) is 23.5 Å². The van der Waals surface area contributed by atoms with Crippen molar-refractivity contribution in [3.05, 3.63) is 42.5 Å². The number of carbonyl (C=O) groups is 2. The van der Waals surface area contributed by atoms with Crippen LogP contribution >= 0.6 is 0 Å². The maximum absolute atomic E-state index is 11.6. The number of hydrogen-bond acceptors (Lipinski definition) is 7. The number of anilines is 2. The SMILES string of the molecule is CC(=O)N(N)c1ccc2nc(N)nc(-c3cccc(OCCCC(N)=O)c3)c2c1. The van der Waals surface area contributed by atoms with Gasteiger partial charge in [-0.3, -0.25) is 9.59 Å². The molecule has 3 aromatic rings. The highest BCUT2D eigenvalue weighted by atomic mass is 16.5. The molecule has 3 rings (SSSR count). The molecule has 0 aliphatic heterocycles. The fraction of sp³-hybridized carbons (Fsp3) is 0.200. The van der Waals surface area contributed by atoms with Crippen LogP contribution in [0.2, 0.25) is 0 Å². The molecule has 2 amide bonds. The second-order valence-electron chi connectivity index (χ2n) is 6.47. The highest BCUT2D eigenvalue weighted by Gasteiger charge is 2.13. The molecule has 0 saturated heterocycles. The summed E-state index contributed by atoms with van der Waals surface area (Å²) in [4.78, 5) is 31.1. The number of benzene rings is 2. The minimum absolute atomic E-state index is 0.129. The third-order valence-corrected chi connectivity index (χ3v) is 4.26. The molecule has 0 aliphatic rings. The van der Waals surface area contributed by atoms with Crippen molar-refractivity contribution in [2.45, 2.75) is 19.8 Å². The number of nitrogen functional groups attached to an aromatic ring is 1. The average Bonchev–Trinajstić information content (AvgIpc) is 2.69. The van der Waals surface area contributed by atoms with Gasteiger partial charge in [-0.15, -0.1) is 0 Å². The van der Waals surface area contributed by atoms with Gasteiger partial charge in [-0.2, -0.15) is 0 Å². The van der Waals surface area contributed by atoms with Gasteiger partial charge in [0.25, 0.3) is 0 Å². The molecule has 0 radical (unpaired) electrons. The van der Waals surface area contributed by atoms with Crippen molar-refractivity contribution in [2.75, 3.05) is 17.3 Å². The molecule has 0 aliphatic carbocycles. The summed E-state index contributed by atoms with van der Waals surface area (Å²) >= 11 is 0. The lowest BCUT2D eigenvalue weighted by molar-refractivity contribution is -0.118. The number of nitrogens with zero attached hydrogens (tertiary/aromatic N) is 3. The van der Waals surface area contributed by atoms with Gasteiger partial charge in [-0.05, 0) is 36.8 Å². The summed E-state index contributed by atoms with van der Waals surface area (Å²) in [5, 5.41) is 1.75. The summed E-state index contributed by atoms with van der Waals surface area (Å²) in [6.07, 6.45) is 0.797. The number of nitrogens with two attached hydrogens (primary N) is 3. The Bertz CT molecular complexity index is 1070. The Balaban J connectivity index is 1.97. The van der Waals surface area contributed by atoms with Crippen LogP contribution in [0.5, 0.6) is 5.75 Å². The number of carbonyl (C=O) groups excluding carboxylic acids is 2. The lowest BCUT2D eigenvalue weighted by Crippen LogP contribution is -2.35. The monoisotopic (exact) mass is 394 g/mol. The molecule has 150 valence electrons. The van der Waals surface area contributed by atoms with Crippen LogP contribution in [0.3, 0.4) is 0 Å². The summed E-state index contributed by atoms with van der Waals surface area (Å²) in [7, 11) is 0. The molecule has 1 aromatic heterocycles. The van der Waals surface area contributed by atoms with E-state index in [2.05, 4.69) is 9.97 Å². The molecule has 0 bridgehead atoms. The highest BCUT2D eigenvalue weighted by molar-refractivity contribution is 5.98. The predicted octanol–water partition coefficient (Wildman–Crippen LogP) is 1.75. The average molecular weight is 394 g/mol. The van der Waals surface area contributed by atoms with E-state index in [0.29, 0.717) is 41.1 Å². The zero-order valence-corrected chi connectivity index (χ0v) is 16.0. The van der Waals surface area contributed by atoms with Crippen molar-refractivity contribution < 1.29 is 14.3 Å². The van der Waals surface area contributed by atoms with Crippen molar-refractivity contribution in [2.24, 2.45) is 11.6 Å². The maximum atomic E-state index is 11.6. The van der Waals surface area contributed by atoms with Gasteiger partial charge in [0.2, 0.25) is 17.8 Å². The van der Waals surface area contributed by atoms with Crippen molar-refractivity contribution >= 4 is 34.4 Å². The van der Waals surface area contributed by atoms with Crippen LogP contribution in [0.15, 0.2) is 42.5 Å². The van der Waals surface area contributed by atoms with Gasteiger partial charge >= 0.3 is 0 Å². The molecule has 0 fully saturated rings. The molecule has 0 atom stereocenters. The van der Waals surface area contributed by atoms with Crippen molar-refractivity contribution in [3.63, 3.8) is 0 Å². The smallest absolute Gasteiger partial charge is 0.238 e. The summed E-state index contributed by atoms with van der Waals surface area (Å²) in [5.41, 5.74) is 13.5. The van der Waals surface area contributed by atoms with Crippen LogP contribution in [0.25, 0.3) is 22.2 Å². The predicted molar refractivity (Wildman–Crippen MR) is 111 cm³/mol. The van der Waals surface area contributed by atoms with Gasteiger partial charge in [-0.25, -0.2) is 20.8 Å². The Morgan fingerprint density at radius 1 is 1.14 bits per heavy atom. The molecule has 0 saturated carbocycles. The quantitative estimate of drug-likeness (QED) is 0.239. The first-order valence-electron chi connectivity index (χ1n) is 8.99. The van der Waals surface area contributed by atoms with E-state index in [0.717, 1.165) is 10.6 Å². The third-order valence-electron chi connectivity index (χ3n) is 4.26. The van der Waals surface area contributed by atoms with Crippen LogP contribution in [0.1, 0.15) is 19.8 Å². The fourth-order valence-corrected chi connectivity index (χ4v) is 2.86. The van der Waals surface area contributed by atoms with E-state index in [9.17, 15) is 9.59 Å². The van der Waals surface area contributed by atoms with Crippen molar-refractivity contribution in [3.8, 4) is 17.0 Å². The van der Waals surface area contributed by atoms with Crippen LogP contribution in [-0.4, -0.2) is 28.4 Å². The Kier molecular flexibility index (Phi) is 5.89. The molecule has 9 nitrogen and oxygen atoms in total. The van der Waals surface area contributed by atoms with Crippen LogP contribution in [0.4, 0.5) is 11.6 Å². The standard InChI is InChI=1S/C20H22N6O3/c1-12(27)26(23)14-7-8-17-16(11-14)19(25-20(22)24-17)13-4-2-5-15(10-13)29-9-3-6-18(21)28/h2,4-5,7-8,10-11H,3,6,9,23H2,1H3,(H2,21,28)(H2,22,24,25). The van der Waals surface area contributed by atoms with Gasteiger partial charge in [-0.1, -0.05) is 12.1 Å². The minimum Gasteiger partial charge on any atom is -0.494 e. The molecule has 6 N–H and O–H groups in total. The first-order valence-corrected chi connectivity index (χ1v) is 8.99. The number of rotatable bonds is 7. The number of hydrogen-bond donors (Lipinski definition) is 3. The minimum atomic E-state index is -0.361. The zero-order valence-electron chi connectivity index (χ0n) is 16.0. The molecule has 2 aromatic carbocycles. The first kappa shape index (κ1) is 20.0. The molecule has 0 spiro atoms. The maximum Gasteiger partial charge on any atom is 0.238 e. The molecule has 1 heterocycles. The molecule has 0 unspecified atom stereocenters. The Morgan fingerprint density at radius 3 is 2.66 bits per heavy atom. The number of amides is 2. The lowest BCUT2D eigenvalue weighted by Gasteiger charge is -2.16. The number of ether oxygens (including phenoxy) is 1. The van der Waals surface area contributed by atoms with E-state index < -0.39 is 0 Å². The summed E-state index contributed by atoms with van der Waals surface area (Å²) in [6, 6.07) is 12.5. The van der Waals surface area contributed by atoms with Gasteiger partial charge in [0, 0.05) is 24.3 Å². The van der Waals surface area contributed by atoms with Crippen molar-refractivity contribution in [1.29, 1.82) is 0 Å². The van der Waals surface area contributed by atoms with E-state index in [1.807, 2.05) is 24.3 Å². The van der Waals surface area contributed by atoms with Gasteiger partial charge in [0.1, 0.15) is 5.75 Å². The van der Waals surface area contributed by atoms with Crippen LogP contribution in [0, 0.1) is 0 Å². The summed E-state index contributed by atoms with van der Waals surface area (Å²) in [5.74, 6) is 5.92.